The second-order valence-electron chi connectivity index (χ2n) is 6.59. The van der Waals surface area contributed by atoms with Crippen molar-refractivity contribution in [2.75, 3.05) is 5.73 Å². The third kappa shape index (κ3) is 3.59. The molecule has 0 spiro atoms. The van der Waals surface area contributed by atoms with E-state index in [-0.39, 0.29) is 5.56 Å². The van der Waals surface area contributed by atoms with Gasteiger partial charge < -0.3 is 10.3 Å². The number of nitrogens with two attached hydrogens (primary N) is 1. The van der Waals surface area contributed by atoms with Gasteiger partial charge in [-0.25, -0.2) is 0 Å². The summed E-state index contributed by atoms with van der Waals surface area (Å²) in [5.74, 6) is 1.05. The summed E-state index contributed by atoms with van der Waals surface area (Å²) in [7, 11) is 0. The van der Waals surface area contributed by atoms with E-state index in [0.717, 1.165) is 17.7 Å². The molecule has 3 nitrogen and oxygen atoms in total. The van der Waals surface area contributed by atoms with Crippen LogP contribution in [-0.2, 0) is 6.54 Å². The quantitative estimate of drug-likeness (QED) is 0.896. The van der Waals surface area contributed by atoms with Crippen molar-refractivity contribution < 1.29 is 0 Å². The monoisotopic (exact) mass is 298 g/mol. The van der Waals surface area contributed by atoms with E-state index in [9.17, 15) is 4.79 Å². The highest BCUT2D eigenvalue weighted by molar-refractivity contribution is 5.62. The van der Waals surface area contributed by atoms with Gasteiger partial charge >= 0.3 is 0 Å². The highest BCUT2D eigenvalue weighted by atomic mass is 16.1. The number of aromatic nitrogens is 1. The van der Waals surface area contributed by atoms with Gasteiger partial charge in [0.15, 0.2) is 0 Å². The maximum absolute atomic E-state index is 12.4. The smallest absolute Gasteiger partial charge is 0.274 e. The van der Waals surface area contributed by atoms with Crippen LogP contribution in [0.15, 0.2) is 41.2 Å². The first-order chi connectivity index (χ1) is 10.4. The summed E-state index contributed by atoms with van der Waals surface area (Å²) >= 11 is 0. The van der Waals surface area contributed by atoms with Gasteiger partial charge in [0.05, 0.1) is 11.4 Å². The number of rotatable bonds is 5. The summed E-state index contributed by atoms with van der Waals surface area (Å²) in [4.78, 5) is 12.4. The predicted molar refractivity (Wildman–Crippen MR) is 94.1 cm³/mol. The molecule has 2 aromatic rings. The van der Waals surface area contributed by atoms with E-state index in [1.54, 1.807) is 10.6 Å². The second kappa shape index (κ2) is 6.82. The predicted octanol–water partition coefficient (Wildman–Crippen LogP) is 4.27. The van der Waals surface area contributed by atoms with E-state index in [1.165, 1.54) is 5.56 Å². The molecule has 118 valence electrons. The number of nitrogen functional groups attached to an aromatic ring is 1. The topological polar surface area (TPSA) is 48.0 Å². The van der Waals surface area contributed by atoms with Gasteiger partial charge in [0.2, 0.25) is 0 Å². The van der Waals surface area contributed by atoms with Gasteiger partial charge in [-0.1, -0.05) is 52.0 Å². The van der Waals surface area contributed by atoms with E-state index >= 15 is 0 Å². The molecule has 1 aromatic carbocycles. The highest BCUT2D eigenvalue weighted by Gasteiger charge is 2.10. The van der Waals surface area contributed by atoms with Crippen LogP contribution in [0.3, 0.4) is 0 Å². The van der Waals surface area contributed by atoms with Crippen molar-refractivity contribution in [2.24, 2.45) is 5.92 Å². The average molecular weight is 298 g/mol. The van der Waals surface area contributed by atoms with Gasteiger partial charge in [0.1, 0.15) is 0 Å². The van der Waals surface area contributed by atoms with Gasteiger partial charge in [0.25, 0.3) is 5.56 Å². The van der Waals surface area contributed by atoms with Gasteiger partial charge in [-0.2, -0.15) is 0 Å². The normalized spacial score (nSPS) is 11.4. The molecule has 22 heavy (non-hydrogen) atoms. The van der Waals surface area contributed by atoms with Crippen LogP contribution in [0.25, 0.3) is 11.3 Å². The number of benzene rings is 1. The van der Waals surface area contributed by atoms with E-state index in [2.05, 4.69) is 52.0 Å². The molecule has 0 aliphatic rings. The van der Waals surface area contributed by atoms with Gasteiger partial charge in [-0.05, 0) is 41.5 Å². The number of hydrogen-bond acceptors (Lipinski definition) is 2. The van der Waals surface area contributed by atoms with Crippen molar-refractivity contribution >= 4 is 5.69 Å². The molecule has 0 bridgehead atoms. The van der Waals surface area contributed by atoms with Gasteiger partial charge in [0, 0.05) is 6.54 Å². The molecule has 0 amide bonds. The number of nitrogens with zero attached hydrogens (tertiary/aromatic N) is 1. The molecule has 2 rings (SSSR count). The fourth-order valence-corrected chi connectivity index (χ4v) is 2.50. The molecule has 1 aromatic heterocycles. The first-order valence-electron chi connectivity index (χ1n) is 7.99. The minimum absolute atomic E-state index is 0.0916. The van der Waals surface area contributed by atoms with Crippen LogP contribution >= 0.6 is 0 Å². The minimum Gasteiger partial charge on any atom is -0.394 e. The van der Waals surface area contributed by atoms with Crippen LogP contribution in [0.4, 0.5) is 5.69 Å². The van der Waals surface area contributed by atoms with Crippen LogP contribution in [0.5, 0.6) is 0 Å². The zero-order valence-corrected chi connectivity index (χ0v) is 14.0. The third-order valence-electron chi connectivity index (χ3n) is 4.01. The summed E-state index contributed by atoms with van der Waals surface area (Å²) in [5.41, 5.74) is 9.33. The molecule has 0 saturated heterocycles. The Hall–Kier alpha value is -2.03. The molecule has 2 N–H and O–H groups in total. The molecule has 0 fully saturated rings. The molecular weight excluding hydrogens is 272 g/mol. The molecule has 0 aliphatic carbocycles. The molecule has 0 radical (unpaired) electrons. The zero-order chi connectivity index (χ0) is 16.3. The first kappa shape index (κ1) is 16.3. The molecular formula is C19H26N2O. The lowest BCUT2D eigenvalue weighted by molar-refractivity contribution is 0.511. The summed E-state index contributed by atoms with van der Waals surface area (Å²) in [6, 6.07) is 12.1. The van der Waals surface area contributed by atoms with Crippen molar-refractivity contribution in [3.63, 3.8) is 0 Å². The molecule has 0 saturated carbocycles. The van der Waals surface area contributed by atoms with Crippen LogP contribution < -0.4 is 11.3 Å². The van der Waals surface area contributed by atoms with E-state index in [0.29, 0.717) is 24.1 Å². The van der Waals surface area contributed by atoms with Crippen LogP contribution in [0.2, 0.25) is 0 Å². The number of pyridine rings is 1. The van der Waals surface area contributed by atoms with Crippen molar-refractivity contribution in [1.29, 1.82) is 0 Å². The van der Waals surface area contributed by atoms with E-state index < -0.39 is 0 Å². The lowest BCUT2D eigenvalue weighted by atomic mass is 10.0. The summed E-state index contributed by atoms with van der Waals surface area (Å²) < 4.78 is 1.81. The lowest BCUT2D eigenvalue weighted by Crippen LogP contribution is -2.24. The van der Waals surface area contributed by atoms with Gasteiger partial charge in [-0.3, -0.25) is 4.79 Å². The Morgan fingerprint density at radius 3 is 2.18 bits per heavy atom. The van der Waals surface area contributed by atoms with Gasteiger partial charge in [-0.15, -0.1) is 0 Å². The van der Waals surface area contributed by atoms with Crippen molar-refractivity contribution in [2.45, 2.75) is 46.6 Å². The van der Waals surface area contributed by atoms with Crippen molar-refractivity contribution in [1.82, 2.24) is 4.57 Å². The summed E-state index contributed by atoms with van der Waals surface area (Å²) in [5, 5.41) is 0. The van der Waals surface area contributed by atoms with E-state index in [4.69, 9.17) is 5.73 Å². The Bertz CT molecular complexity index is 682. The fraction of sp³-hybridized carbons (Fsp3) is 0.421. The summed E-state index contributed by atoms with van der Waals surface area (Å²) in [6.45, 7) is 9.37. The zero-order valence-electron chi connectivity index (χ0n) is 14.0. The van der Waals surface area contributed by atoms with E-state index in [1.807, 2.05) is 6.07 Å². The van der Waals surface area contributed by atoms with Crippen LogP contribution in [0, 0.1) is 5.92 Å². The second-order valence-corrected chi connectivity index (χ2v) is 6.59. The molecule has 0 atom stereocenters. The fourth-order valence-electron chi connectivity index (χ4n) is 2.50. The molecule has 3 heteroatoms. The van der Waals surface area contributed by atoms with Crippen molar-refractivity contribution in [3.05, 3.63) is 52.3 Å². The van der Waals surface area contributed by atoms with Crippen LogP contribution in [0.1, 0.15) is 45.6 Å². The molecule has 1 heterocycles. The Morgan fingerprint density at radius 1 is 1.00 bits per heavy atom. The minimum atomic E-state index is -0.0916. The highest BCUT2D eigenvalue weighted by Crippen LogP contribution is 2.23. The largest absolute Gasteiger partial charge is 0.394 e. The summed E-state index contributed by atoms with van der Waals surface area (Å²) in [6.07, 6.45) is 0.959. The third-order valence-corrected chi connectivity index (χ3v) is 4.01. The number of anilines is 1. The maximum atomic E-state index is 12.4. The standard InChI is InChI=1S/C19H26N2O/c1-13(2)11-12-21-18(10-9-17(20)19(21)22)16-7-5-15(6-8-16)14(3)4/h5-10,13-14H,11-12,20H2,1-4H3. The average Bonchev–Trinajstić information content (AvgIpc) is 2.48. The Morgan fingerprint density at radius 2 is 1.64 bits per heavy atom. The Kier molecular flexibility index (Phi) is 5.07. The Labute approximate surface area is 132 Å². The maximum Gasteiger partial charge on any atom is 0.274 e. The SMILES string of the molecule is CC(C)CCn1c(-c2ccc(C(C)C)cc2)ccc(N)c1=O. The molecule has 0 aliphatic heterocycles. The van der Waals surface area contributed by atoms with Crippen LogP contribution in [-0.4, -0.2) is 4.57 Å². The Balaban J connectivity index is 2.45. The number of hydrogen-bond donors (Lipinski definition) is 1. The molecule has 0 unspecified atom stereocenters. The lowest BCUT2D eigenvalue weighted by Gasteiger charge is -2.16. The first-order valence-corrected chi connectivity index (χ1v) is 7.99. The van der Waals surface area contributed by atoms with Crippen molar-refractivity contribution in [3.8, 4) is 11.3 Å².